The quantitative estimate of drug-likeness (QED) is 0.0211. The fraction of sp³-hybridized carbons (Fsp3) is 0.468. The van der Waals surface area contributed by atoms with Crippen LogP contribution in [0.4, 0.5) is 39.0 Å². The zero-order valence-electron chi connectivity index (χ0n) is 49.2. The van der Waals surface area contributed by atoms with Crippen LogP contribution in [-0.2, 0) is 29.4 Å². The molecule has 0 radical (unpaired) electrons. The molecule has 0 saturated carbocycles. The second-order valence-corrected chi connectivity index (χ2v) is 28.4. The number of halogens is 5. The monoisotopic (exact) mass is 1280 g/mol. The number of rotatable bonds is 25. The van der Waals surface area contributed by atoms with Gasteiger partial charge >= 0.3 is 5.51 Å². The number of anilines is 3. The minimum atomic E-state index is -6.17. The second-order valence-electron chi connectivity index (χ2n) is 23.7. The lowest BCUT2D eigenvalue weighted by Gasteiger charge is -2.39. The molecule has 18 nitrogen and oxygen atoms in total. The van der Waals surface area contributed by atoms with Crippen molar-refractivity contribution in [1.82, 2.24) is 29.6 Å². The van der Waals surface area contributed by atoms with Crippen LogP contribution in [0, 0.1) is 5.41 Å². The van der Waals surface area contributed by atoms with Crippen molar-refractivity contribution in [1.29, 1.82) is 0 Å². The summed E-state index contributed by atoms with van der Waals surface area (Å²) in [6, 6.07) is 20.9. The smallest absolute Gasteiger partial charge is 0.384 e. The highest BCUT2D eigenvalue weighted by Crippen LogP contribution is 2.43. The van der Waals surface area contributed by atoms with Gasteiger partial charge in [0.25, 0.3) is 37.6 Å². The summed E-state index contributed by atoms with van der Waals surface area (Å²) in [5.41, 5.74) is -1.61. The Labute approximate surface area is 514 Å². The van der Waals surface area contributed by atoms with E-state index in [4.69, 9.17) is 0 Å². The third-order valence-electron chi connectivity index (χ3n) is 16.9. The number of fused-ring (bicyclic) bond motifs is 1. The Bertz CT molecular complexity index is 3520. The zero-order valence-corrected chi connectivity index (χ0v) is 51.6. The van der Waals surface area contributed by atoms with Gasteiger partial charge in [-0.05, 0) is 129 Å². The van der Waals surface area contributed by atoms with Crippen molar-refractivity contribution in [2.24, 2.45) is 5.41 Å². The molecular weight excluding hydrogens is 1210 g/mol. The van der Waals surface area contributed by atoms with Crippen molar-refractivity contribution in [3.05, 3.63) is 131 Å². The van der Waals surface area contributed by atoms with Crippen molar-refractivity contribution in [3.8, 4) is 0 Å². The van der Waals surface area contributed by atoms with Gasteiger partial charge < -0.3 is 25.3 Å². The van der Waals surface area contributed by atoms with E-state index in [0.29, 0.717) is 103 Å². The largest absolute Gasteiger partial charge is 0.501 e. The van der Waals surface area contributed by atoms with Crippen LogP contribution in [0.25, 0.3) is 0 Å². The number of hydrogen-bond donors (Lipinski definition) is 4. The van der Waals surface area contributed by atoms with Crippen LogP contribution in [0.2, 0.25) is 0 Å². The number of thioether (sulfide) groups is 1. The first-order valence-electron chi connectivity index (χ1n) is 29.5. The van der Waals surface area contributed by atoms with Crippen molar-refractivity contribution in [2.75, 3.05) is 99.8 Å². The van der Waals surface area contributed by atoms with E-state index in [1.807, 2.05) is 35.1 Å². The zero-order chi connectivity index (χ0) is 63.1. The number of nitrogens with zero attached hydrogens (tertiary/aromatic N) is 5. The van der Waals surface area contributed by atoms with Gasteiger partial charge in [-0.25, -0.2) is 30.3 Å². The molecule has 88 heavy (non-hydrogen) atoms. The highest BCUT2D eigenvalue weighted by Gasteiger charge is 2.49. The van der Waals surface area contributed by atoms with E-state index in [0.717, 1.165) is 58.0 Å². The maximum atomic E-state index is 14.5. The van der Waals surface area contributed by atoms with Gasteiger partial charge in [0.05, 0.1) is 21.7 Å². The average molecular weight is 1280 g/mol. The van der Waals surface area contributed by atoms with E-state index in [-0.39, 0.29) is 53.5 Å². The topological polar surface area (TPSA) is 218 Å². The molecule has 474 valence electrons. The van der Waals surface area contributed by atoms with E-state index in [1.165, 1.54) is 35.5 Å². The molecule has 5 aliphatic rings. The third kappa shape index (κ3) is 16.0. The molecule has 0 bridgehead atoms. The fourth-order valence-corrected chi connectivity index (χ4v) is 14.9. The van der Waals surface area contributed by atoms with Crippen molar-refractivity contribution in [2.45, 2.75) is 110 Å². The highest BCUT2D eigenvalue weighted by atomic mass is 32.2. The Morgan fingerprint density at radius 2 is 1.48 bits per heavy atom. The van der Waals surface area contributed by atoms with Crippen molar-refractivity contribution in [3.63, 3.8) is 0 Å². The molecule has 3 saturated heterocycles. The maximum absolute atomic E-state index is 14.5. The summed E-state index contributed by atoms with van der Waals surface area (Å²) < 4.78 is 126. The number of amides is 5. The lowest BCUT2D eigenvalue weighted by Crippen LogP contribution is -2.54. The number of carbonyl (C=O) groups is 5. The standard InChI is InChI=1S/C62H74F5N9O9S3/c1-41(13-21-54(63)64)49-38-61(2,3)25-23-43(49)39-74-33-35-75(36-34-74)45-16-14-42(15-17-45)57(78)71-88(84,85)47-18-19-50(53(37-47)87(82,83)62(65,66)67)69-44(40-86-46-9-5-4-6-10-46)24-28-73-31-29-72(30-32-73)27-8-26-68-51-12-7-11-48-56(51)60(81)76(59(48)80)52-20-22-55(77)70-58(52)79/h4-7,9-12,14-19,37,44,52,54,68-69H,1,8,13,20-36,38-40H2,2-3H3,(H,71,78)(H,70,77,79)/t44-,52?/m1/s1. The predicted octanol–water partition coefficient (Wildman–Crippen LogP) is 8.81. The summed E-state index contributed by atoms with van der Waals surface area (Å²) in [5.74, 6) is -3.15. The number of piperazine rings is 2. The summed E-state index contributed by atoms with van der Waals surface area (Å²) in [5, 5.41) is 8.49. The maximum Gasteiger partial charge on any atom is 0.501 e. The molecule has 2 atom stereocenters. The molecule has 4 heterocycles. The molecule has 4 N–H and O–H groups in total. The molecule has 0 aromatic heterocycles. The number of alkyl halides is 5. The molecule has 26 heteroatoms. The Morgan fingerprint density at radius 1 is 0.795 bits per heavy atom. The Kier molecular flexibility index (Phi) is 20.9. The molecule has 4 aromatic rings. The summed E-state index contributed by atoms with van der Waals surface area (Å²) in [4.78, 5) is 73.1. The van der Waals surface area contributed by atoms with Crippen LogP contribution >= 0.6 is 11.8 Å². The Morgan fingerprint density at radius 3 is 2.15 bits per heavy atom. The summed E-state index contributed by atoms with van der Waals surface area (Å²) >= 11 is 1.41. The average Bonchev–Trinajstić information content (AvgIpc) is 1.53. The van der Waals surface area contributed by atoms with Gasteiger partial charge in [0.1, 0.15) is 10.9 Å². The Balaban J connectivity index is 0.794. The third-order valence-corrected chi connectivity index (χ3v) is 20.9. The predicted molar refractivity (Wildman–Crippen MR) is 327 cm³/mol. The minimum absolute atomic E-state index is 0.00980. The van der Waals surface area contributed by atoms with E-state index >= 15 is 0 Å². The van der Waals surface area contributed by atoms with Gasteiger partial charge in [-0.2, -0.15) is 13.2 Å². The first-order valence-corrected chi connectivity index (χ1v) is 33.5. The number of hydrogen-bond acceptors (Lipinski definition) is 16. The number of piperidine rings is 1. The number of imide groups is 2. The van der Waals surface area contributed by atoms with Crippen LogP contribution < -0.4 is 25.6 Å². The van der Waals surface area contributed by atoms with E-state index in [9.17, 15) is 62.8 Å². The SMILES string of the molecule is C=C(CCC(F)F)C1=C(CN2CCN(c3ccc(C(=O)NS(=O)(=O)c4ccc(N[C@H](CCN5CCN(CCCNc6cccc7c6C(=O)N(C6CCC(=O)NC6=O)C7=O)CC5)CSc5ccccc5)c(S(=O)(=O)C(F)(F)F)c4)cc3)CC2)CCC(C)(C)C1. The number of nitrogens with one attached hydrogen (secondary N) is 4. The lowest BCUT2D eigenvalue weighted by atomic mass is 9.72. The van der Waals surface area contributed by atoms with Crippen molar-refractivity contribution < 1.29 is 62.8 Å². The molecule has 4 aliphatic heterocycles. The van der Waals surface area contributed by atoms with Gasteiger partial charge in [0.2, 0.25) is 18.2 Å². The van der Waals surface area contributed by atoms with Crippen LogP contribution in [0.15, 0.2) is 129 Å². The van der Waals surface area contributed by atoms with Crippen LogP contribution in [-0.4, -0.2) is 174 Å². The molecule has 4 aromatic carbocycles. The van der Waals surface area contributed by atoms with Gasteiger partial charge in [-0.1, -0.05) is 55.8 Å². The van der Waals surface area contributed by atoms with E-state index < -0.39 is 88.9 Å². The number of carbonyl (C=O) groups excluding carboxylic acids is 5. The normalized spacial score (nSPS) is 19.4. The molecule has 5 amide bonds. The fourth-order valence-electron chi connectivity index (χ4n) is 11.8. The van der Waals surface area contributed by atoms with Gasteiger partial charge in [-0.3, -0.25) is 39.1 Å². The molecular formula is C62H74F5N9O9S3. The summed E-state index contributed by atoms with van der Waals surface area (Å²) in [6.07, 6.45) is 1.36. The molecule has 1 aliphatic carbocycles. The lowest BCUT2D eigenvalue weighted by molar-refractivity contribution is -0.136. The molecule has 1 unspecified atom stereocenters. The second kappa shape index (κ2) is 28.0. The number of sulfone groups is 1. The van der Waals surface area contributed by atoms with Gasteiger partial charge in [0, 0.05) is 118 Å². The molecule has 9 rings (SSSR count). The van der Waals surface area contributed by atoms with Crippen molar-refractivity contribution >= 4 is 78.2 Å². The molecule has 0 spiro atoms. The van der Waals surface area contributed by atoms with Crippen LogP contribution in [0.5, 0.6) is 0 Å². The van der Waals surface area contributed by atoms with Crippen LogP contribution in [0.1, 0.15) is 103 Å². The summed E-state index contributed by atoms with van der Waals surface area (Å²) in [6.45, 7) is 16.2. The number of sulfonamides is 1. The first kappa shape index (κ1) is 65.7. The number of allylic oxidation sites excluding steroid dienone is 2. The number of benzene rings is 4. The highest BCUT2D eigenvalue weighted by molar-refractivity contribution is 7.99. The van der Waals surface area contributed by atoms with E-state index in [1.54, 1.807) is 24.3 Å². The minimum Gasteiger partial charge on any atom is -0.384 e. The van der Waals surface area contributed by atoms with Gasteiger partial charge in [-0.15, -0.1) is 11.8 Å². The van der Waals surface area contributed by atoms with E-state index in [2.05, 4.69) is 56.0 Å². The first-order chi connectivity index (χ1) is 41.8. The van der Waals surface area contributed by atoms with Crippen LogP contribution in [0.3, 0.4) is 0 Å². The summed E-state index contributed by atoms with van der Waals surface area (Å²) in [7, 11) is -11.1. The Hall–Kier alpha value is -6.71. The molecule has 3 fully saturated rings. The van der Waals surface area contributed by atoms with Gasteiger partial charge in [0.15, 0.2) is 0 Å².